The quantitative estimate of drug-likeness (QED) is 0.365. The lowest BCUT2D eigenvalue weighted by Crippen LogP contribution is -2.20. The molecule has 0 N–H and O–H groups in total. The Labute approximate surface area is 85.9 Å². The number of cyclic esters (lactones) is 2. The van der Waals surface area contributed by atoms with E-state index in [-0.39, 0.29) is 12.3 Å². The molecule has 0 aromatic rings. The van der Waals surface area contributed by atoms with Gasteiger partial charge in [0.15, 0.2) is 0 Å². The molecule has 0 bridgehead atoms. The van der Waals surface area contributed by atoms with Gasteiger partial charge in [-0.2, -0.15) is 0 Å². The van der Waals surface area contributed by atoms with Crippen LogP contribution >= 0.6 is 0 Å². The van der Waals surface area contributed by atoms with Crippen LogP contribution < -0.4 is 0 Å². The second-order valence-electron chi connectivity index (χ2n) is 3.82. The molecule has 4 unspecified atom stereocenters. The lowest BCUT2D eigenvalue weighted by atomic mass is 9.81. The van der Waals surface area contributed by atoms with Crippen molar-refractivity contribution in [3.63, 3.8) is 0 Å². The molecule has 0 aromatic carbocycles. The lowest BCUT2D eigenvalue weighted by Gasteiger charge is -2.21. The largest absolute Gasteiger partial charge is 0.393 e. The van der Waals surface area contributed by atoms with E-state index in [0.29, 0.717) is 6.42 Å². The molecule has 3 heteroatoms. The first-order valence-corrected chi connectivity index (χ1v) is 4.76. The second kappa shape index (κ2) is 3.56. The highest BCUT2D eigenvalue weighted by atomic mass is 16.6. The first-order valence-electron chi connectivity index (χ1n) is 5.92. The van der Waals surface area contributed by atoms with Crippen LogP contribution in [0.3, 0.4) is 0 Å². The molecule has 1 aliphatic heterocycles. The van der Waals surface area contributed by atoms with Gasteiger partial charge < -0.3 is 4.74 Å². The zero-order valence-corrected chi connectivity index (χ0v) is 8.03. The van der Waals surface area contributed by atoms with Crippen molar-refractivity contribution in [2.45, 2.75) is 32.6 Å². The minimum atomic E-state index is -0.515. The number of carbonyl (C=O) groups excluding carboxylic acids is 2. The van der Waals surface area contributed by atoms with Crippen molar-refractivity contribution in [1.29, 1.82) is 0 Å². The van der Waals surface area contributed by atoms with Crippen LogP contribution in [0, 0.1) is 11.8 Å². The molecule has 1 aliphatic carbocycles. The number of allylic oxidation sites excluding steroid dienone is 2. The van der Waals surface area contributed by atoms with Crippen LogP contribution in [0.4, 0.5) is 0 Å². The van der Waals surface area contributed by atoms with Crippen molar-refractivity contribution < 1.29 is 17.1 Å². The molecule has 0 radical (unpaired) electrons. The molecular formula is C11H14O3. The van der Waals surface area contributed by atoms with E-state index in [4.69, 9.17) is 2.74 Å². The van der Waals surface area contributed by atoms with E-state index >= 15 is 0 Å². The van der Waals surface area contributed by atoms with E-state index < -0.39 is 30.7 Å². The van der Waals surface area contributed by atoms with Gasteiger partial charge in [0, 0.05) is 2.74 Å². The summed E-state index contributed by atoms with van der Waals surface area (Å²) >= 11 is 0. The van der Waals surface area contributed by atoms with E-state index in [9.17, 15) is 9.59 Å². The lowest BCUT2D eigenvalue weighted by molar-refractivity contribution is -0.153. The maximum atomic E-state index is 11.4. The molecule has 0 amide bonds. The molecular weight excluding hydrogens is 180 g/mol. The highest BCUT2D eigenvalue weighted by Gasteiger charge is 2.38. The minimum Gasteiger partial charge on any atom is -0.393 e. The summed E-state index contributed by atoms with van der Waals surface area (Å²) in [6, 6.07) is 0. The number of carbonyl (C=O) groups is 2. The SMILES string of the molecule is [2H]C1CC(C2CC(=O)OC2=O)C=C(C)C1[2H]. The number of hydrogen-bond donors (Lipinski definition) is 0. The summed E-state index contributed by atoms with van der Waals surface area (Å²) in [6.45, 7) is 1.80. The summed E-state index contributed by atoms with van der Waals surface area (Å²) in [4.78, 5) is 22.4. The average molecular weight is 196 g/mol. The van der Waals surface area contributed by atoms with Crippen LogP contribution in [0.5, 0.6) is 0 Å². The van der Waals surface area contributed by atoms with Crippen molar-refractivity contribution in [1.82, 2.24) is 0 Å². The summed E-state index contributed by atoms with van der Waals surface area (Å²) < 4.78 is 20.0. The summed E-state index contributed by atoms with van der Waals surface area (Å²) in [5.74, 6) is -1.52. The van der Waals surface area contributed by atoms with E-state index in [2.05, 4.69) is 4.74 Å². The summed E-state index contributed by atoms with van der Waals surface area (Å²) in [5.41, 5.74) is 0.809. The van der Waals surface area contributed by atoms with Crippen LogP contribution in [-0.2, 0) is 14.3 Å². The maximum absolute atomic E-state index is 11.4. The van der Waals surface area contributed by atoms with Gasteiger partial charge in [-0.1, -0.05) is 11.6 Å². The molecule has 1 fully saturated rings. The van der Waals surface area contributed by atoms with Gasteiger partial charge in [-0.05, 0) is 32.1 Å². The third kappa shape index (κ3) is 1.72. The van der Waals surface area contributed by atoms with Crippen molar-refractivity contribution in [2.24, 2.45) is 11.8 Å². The predicted molar refractivity (Wildman–Crippen MR) is 50.3 cm³/mol. The number of hydrogen-bond acceptors (Lipinski definition) is 3. The van der Waals surface area contributed by atoms with E-state index in [1.165, 1.54) is 0 Å². The van der Waals surface area contributed by atoms with E-state index in [0.717, 1.165) is 5.57 Å². The third-order valence-electron chi connectivity index (χ3n) is 2.69. The average Bonchev–Trinajstić information content (AvgIpc) is 2.53. The smallest absolute Gasteiger partial charge is 0.317 e. The fourth-order valence-corrected chi connectivity index (χ4v) is 1.97. The van der Waals surface area contributed by atoms with Crippen molar-refractivity contribution >= 4 is 11.9 Å². The van der Waals surface area contributed by atoms with Crippen LogP contribution in [-0.4, -0.2) is 11.9 Å². The molecule has 76 valence electrons. The fourth-order valence-electron chi connectivity index (χ4n) is 1.97. The van der Waals surface area contributed by atoms with Gasteiger partial charge in [0.25, 0.3) is 0 Å². The molecule has 0 aromatic heterocycles. The van der Waals surface area contributed by atoms with Crippen LogP contribution in [0.2, 0.25) is 0 Å². The second-order valence-corrected chi connectivity index (χ2v) is 3.82. The maximum Gasteiger partial charge on any atom is 0.317 e. The highest BCUT2D eigenvalue weighted by Crippen LogP contribution is 2.33. The Morgan fingerprint density at radius 2 is 2.36 bits per heavy atom. The summed E-state index contributed by atoms with van der Waals surface area (Å²) in [5, 5.41) is 0. The molecule has 1 saturated heterocycles. The van der Waals surface area contributed by atoms with Gasteiger partial charge in [-0.15, -0.1) is 0 Å². The Morgan fingerprint density at radius 1 is 1.57 bits per heavy atom. The van der Waals surface area contributed by atoms with Gasteiger partial charge in [-0.3, -0.25) is 9.59 Å². The first kappa shape index (κ1) is 7.21. The molecule has 0 spiro atoms. The minimum absolute atomic E-state index is 0.114. The zero-order valence-electron chi connectivity index (χ0n) is 10.0. The third-order valence-corrected chi connectivity index (χ3v) is 2.69. The molecule has 3 nitrogen and oxygen atoms in total. The van der Waals surface area contributed by atoms with Crippen LogP contribution in [0.1, 0.15) is 35.3 Å². The van der Waals surface area contributed by atoms with Crippen molar-refractivity contribution in [3.8, 4) is 0 Å². The normalized spacial score (nSPS) is 45.4. The Balaban J connectivity index is 2.17. The number of esters is 2. The molecule has 0 saturated carbocycles. The van der Waals surface area contributed by atoms with Crippen LogP contribution in [0.25, 0.3) is 0 Å². The summed E-state index contributed by atoms with van der Waals surface area (Å²) in [7, 11) is 0. The first-order chi connectivity index (χ1) is 7.49. The molecule has 14 heavy (non-hydrogen) atoms. The Kier molecular flexibility index (Phi) is 1.83. The highest BCUT2D eigenvalue weighted by molar-refractivity contribution is 5.94. The van der Waals surface area contributed by atoms with Crippen molar-refractivity contribution in [2.75, 3.05) is 0 Å². The molecule has 4 atom stereocenters. The Morgan fingerprint density at radius 3 is 2.93 bits per heavy atom. The monoisotopic (exact) mass is 196 g/mol. The van der Waals surface area contributed by atoms with Crippen LogP contribution in [0.15, 0.2) is 11.6 Å². The van der Waals surface area contributed by atoms with Gasteiger partial charge in [0.2, 0.25) is 0 Å². The van der Waals surface area contributed by atoms with Gasteiger partial charge >= 0.3 is 11.9 Å². The van der Waals surface area contributed by atoms with Crippen molar-refractivity contribution in [3.05, 3.63) is 11.6 Å². The number of ether oxygens (including phenoxy) is 1. The van der Waals surface area contributed by atoms with Gasteiger partial charge in [0.05, 0.1) is 12.3 Å². The van der Waals surface area contributed by atoms with E-state index in [1.54, 1.807) is 6.92 Å². The standard InChI is InChI=1S/C11H14O3/c1-7-3-2-4-8(5-7)9-6-10(12)14-11(9)13/h5,8-9H,2-4,6H2,1H3/i2D,3D. The summed E-state index contributed by atoms with van der Waals surface area (Å²) in [6.07, 6.45) is 1.40. The molecule has 2 aliphatic rings. The molecule has 2 rings (SSSR count). The topological polar surface area (TPSA) is 43.4 Å². The Hall–Kier alpha value is -1.12. The Bertz CT molecular complexity index is 364. The number of rotatable bonds is 1. The zero-order chi connectivity index (χ0) is 11.9. The van der Waals surface area contributed by atoms with E-state index in [1.807, 2.05) is 6.08 Å². The fraction of sp³-hybridized carbons (Fsp3) is 0.636. The van der Waals surface area contributed by atoms with Gasteiger partial charge in [-0.25, -0.2) is 0 Å². The van der Waals surface area contributed by atoms with Gasteiger partial charge in [0.1, 0.15) is 0 Å². The predicted octanol–water partition coefficient (Wildman–Crippen LogP) is 1.82. The molecule has 1 heterocycles.